The van der Waals surface area contributed by atoms with Gasteiger partial charge < -0.3 is 10.1 Å². The Balaban J connectivity index is 1.90. The summed E-state index contributed by atoms with van der Waals surface area (Å²) < 4.78 is 5.12. The quantitative estimate of drug-likeness (QED) is 0.789. The predicted octanol–water partition coefficient (Wildman–Crippen LogP) is 4.42. The molecule has 1 aromatic carbocycles. The van der Waals surface area contributed by atoms with E-state index in [1.807, 2.05) is 45.0 Å². The minimum absolute atomic E-state index is 0.286. The van der Waals surface area contributed by atoms with Gasteiger partial charge in [-0.25, -0.2) is 4.79 Å². The summed E-state index contributed by atoms with van der Waals surface area (Å²) in [6, 6.07) is 7.55. The van der Waals surface area contributed by atoms with E-state index in [0.29, 0.717) is 10.6 Å². The zero-order valence-corrected chi connectivity index (χ0v) is 15.4. The fourth-order valence-electron chi connectivity index (χ4n) is 2.36. The van der Waals surface area contributed by atoms with Crippen LogP contribution in [0, 0.1) is 20.8 Å². The van der Waals surface area contributed by atoms with Crippen LogP contribution in [0.4, 0.5) is 5.69 Å². The van der Waals surface area contributed by atoms with Crippen LogP contribution in [0.1, 0.15) is 44.6 Å². The molecule has 0 aliphatic carbocycles. The third-order valence-electron chi connectivity index (χ3n) is 3.87. The molecule has 0 atom stereocenters. The van der Waals surface area contributed by atoms with Gasteiger partial charge in [0.05, 0.1) is 0 Å². The van der Waals surface area contributed by atoms with E-state index >= 15 is 0 Å². The van der Waals surface area contributed by atoms with Gasteiger partial charge in [0, 0.05) is 10.6 Å². The molecule has 2 rings (SSSR count). The molecule has 2 aromatic rings. The number of thiophene rings is 1. The Morgan fingerprint density at radius 2 is 1.88 bits per heavy atom. The third-order valence-corrected chi connectivity index (χ3v) is 4.94. The average Bonchev–Trinajstić information content (AvgIpc) is 2.90. The number of hydrogen-bond acceptors (Lipinski definition) is 4. The number of hydrogen-bond donors (Lipinski definition) is 1. The number of ether oxygens (including phenoxy) is 1. The van der Waals surface area contributed by atoms with E-state index in [0.717, 1.165) is 28.8 Å². The minimum Gasteiger partial charge on any atom is -0.451 e. The fraction of sp³-hybridized carbons (Fsp3) is 0.368. The summed E-state index contributed by atoms with van der Waals surface area (Å²) >= 11 is 1.42. The van der Waals surface area contributed by atoms with Crippen LogP contribution >= 0.6 is 11.3 Å². The number of esters is 1. The van der Waals surface area contributed by atoms with Crippen molar-refractivity contribution in [3.63, 3.8) is 0 Å². The predicted molar refractivity (Wildman–Crippen MR) is 97.9 cm³/mol. The van der Waals surface area contributed by atoms with Gasteiger partial charge in [-0.1, -0.05) is 19.4 Å². The first-order valence-electron chi connectivity index (χ1n) is 8.04. The van der Waals surface area contributed by atoms with E-state index < -0.39 is 5.97 Å². The van der Waals surface area contributed by atoms with E-state index in [2.05, 4.69) is 12.2 Å². The van der Waals surface area contributed by atoms with Crippen LogP contribution in [-0.2, 0) is 16.0 Å². The normalized spacial score (nSPS) is 10.5. The largest absolute Gasteiger partial charge is 0.451 e. The molecule has 0 radical (unpaired) electrons. The highest BCUT2D eigenvalue weighted by Crippen LogP contribution is 2.23. The smallest absolute Gasteiger partial charge is 0.348 e. The summed E-state index contributed by atoms with van der Waals surface area (Å²) in [5.41, 5.74) is 4.14. The van der Waals surface area contributed by atoms with Crippen LogP contribution in [0.5, 0.6) is 0 Å². The van der Waals surface area contributed by atoms with Gasteiger partial charge in [0.15, 0.2) is 6.61 Å². The number of rotatable bonds is 6. The zero-order chi connectivity index (χ0) is 17.7. The summed E-state index contributed by atoms with van der Waals surface area (Å²) in [4.78, 5) is 25.7. The van der Waals surface area contributed by atoms with Gasteiger partial charge >= 0.3 is 5.97 Å². The zero-order valence-electron chi connectivity index (χ0n) is 14.6. The maximum Gasteiger partial charge on any atom is 0.348 e. The van der Waals surface area contributed by atoms with Gasteiger partial charge in [0.2, 0.25) is 0 Å². The van der Waals surface area contributed by atoms with Crippen LogP contribution in [0.3, 0.4) is 0 Å². The van der Waals surface area contributed by atoms with Crippen molar-refractivity contribution in [2.75, 3.05) is 11.9 Å². The van der Waals surface area contributed by atoms with E-state index in [9.17, 15) is 9.59 Å². The molecule has 0 bridgehead atoms. The molecule has 0 aliphatic rings. The number of nitrogens with one attached hydrogen (secondary N) is 1. The van der Waals surface area contributed by atoms with Gasteiger partial charge in [0.25, 0.3) is 5.91 Å². The Morgan fingerprint density at radius 1 is 1.12 bits per heavy atom. The maximum atomic E-state index is 12.1. The fourth-order valence-corrected chi connectivity index (χ4v) is 3.32. The van der Waals surface area contributed by atoms with Crippen molar-refractivity contribution in [2.24, 2.45) is 0 Å². The Labute approximate surface area is 146 Å². The van der Waals surface area contributed by atoms with E-state index in [1.54, 1.807) is 0 Å². The van der Waals surface area contributed by atoms with Crippen molar-refractivity contribution in [2.45, 2.75) is 40.5 Å². The molecule has 0 aliphatic heterocycles. The number of benzene rings is 1. The van der Waals surface area contributed by atoms with Crippen molar-refractivity contribution in [3.05, 3.63) is 50.7 Å². The molecule has 0 saturated carbocycles. The first kappa shape index (κ1) is 18.2. The van der Waals surface area contributed by atoms with E-state index in [1.165, 1.54) is 16.9 Å². The second-order valence-electron chi connectivity index (χ2n) is 5.87. The molecule has 1 heterocycles. The summed E-state index contributed by atoms with van der Waals surface area (Å²) in [6.45, 7) is 7.81. The van der Waals surface area contributed by atoms with Crippen LogP contribution in [0.25, 0.3) is 0 Å². The van der Waals surface area contributed by atoms with Crippen LogP contribution in [0.2, 0.25) is 0 Å². The van der Waals surface area contributed by atoms with Crippen LogP contribution < -0.4 is 5.32 Å². The van der Waals surface area contributed by atoms with Crippen molar-refractivity contribution < 1.29 is 14.3 Å². The third kappa shape index (κ3) is 4.68. The SMILES string of the molecule is CCCc1cc(C(=O)OCC(=O)Nc2ccc(C)c(C)c2)sc1C. The number of anilines is 1. The highest BCUT2D eigenvalue weighted by Gasteiger charge is 2.15. The molecule has 1 aromatic heterocycles. The van der Waals surface area contributed by atoms with Gasteiger partial charge in [-0.3, -0.25) is 4.79 Å². The Hall–Kier alpha value is -2.14. The second-order valence-corrected chi connectivity index (χ2v) is 7.12. The Bertz CT molecular complexity index is 749. The molecular formula is C19H23NO3S. The van der Waals surface area contributed by atoms with Crippen LogP contribution in [-0.4, -0.2) is 18.5 Å². The average molecular weight is 345 g/mol. The molecular weight excluding hydrogens is 322 g/mol. The maximum absolute atomic E-state index is 12.1. The minimum atomic E-state index is -0.444. The van der Waals surface area contributed by atoms with Crippen molar-refractivity contribution in [1.29, 1.82) is 0 Å². The summed E-state index contributed by atoms with van der Waals surface area (Å²) in [5.74, 6) is -0.783. The van der Waals surface area contributed by atoms with Gasteiger partial charge in [-0.05, 0) is 62.1 Å². The first-order valence-corrected chi connectivity index (χ1v) is 8.86. The van der Waals surface area contributed by atoms with Crippen molar-refractivity contribution in [3.8, 4) is 0 Å². The van der Waals surface area contributed by atoms with Crippen molar-refractivity contribution >= 4 is 28.9 Å². The highest BCUT2D eigenvalue weighted by atomic mass is 32.1. The van der Waals surface area contributed by atoms with E-state index in [4.69, 9.17) is 4.74 Å². The van der Waals surface area contributed by atoms with Crippen molar-refractivity contribution in [1.82, 2.24) is 0 Å². The summed E-state index contributed by atoms with van der Waals surface area (Å²) in [6.07, 6.45) is 1.98. The topological polar surface area (TPSA) is 55.4 Å². The number of aryl methyl sites for hydroxylation is 4. The van der Waals surface area contributed by atoms with E-state index in [-0.39, 0.29) is 12.5 Å². The standard InChI is InChI=1S/C19H23NO3S/c1-5-6-15-10-17(24-14(15)4)19(22)23-11-18(21)20-16-8-7-12(2)13(3)9-16/h7-10H,5-6,11H2,1-4H3,(H,20,21). The first-order chi connectivity index (χ1) is 11.4. The molecule has 5 heteroatoms. The molecule has 24 heavy (non-hydrogen) atoms. The highest BCUT2D eigenvalue weighted by molar-refractivity contribution is 7.14. The number of carbonyl (C=O) groups excluding carboxylic acids is 2. The molecule has 1 amide bonds. The molecule has 0 fully saturated rings. The second kappa shape index (κ2) is 8.11. The van der Waals surface area contributed by atoms with Gasteiger partial charge in [-0.15, -0.1) is 11.3 Å². The lowest BCUT2D eigenvalue weighted by Gasteiger charge is -2.08. The number of carbonyl (C=O) groups is 2. The van der Waals surface area contributed by atoms with Gasteiger partial charge in [-0.2, -0.15) is 0 Å². The Kier molecular flexibility index (Phi) is 6.15. The number of amides is 1. The molecule has 0 unspecified atom stereocenters. The lowest BCUT2D eigenvalue weighted by molar-refractivity contribution is -0.119. The molecule has 0 spiro atoms. The molecule has 0 saturated heterocycles. The van der Waals surface area contributed by atoms with Gasteiger partial charge in [0.1, 0.15) is 4.88 Å². The summed E-state index contributed by atoms with van der Waals surface area (Å²) in [5, 5.41) is 2.74. The Morgan fingerprint density at radius 3 is 2.54 bits per heavy atom. The monoisotopic (exact) mass is 345 g/mol. The lowest BCUT2D eigenvalue weighted by Crippen LogP contribution is -2.20. The molecule has 4 nitrogen and oxygen atoms in total. The summed E-state index contributed by atoms with van der Waals surface area (Å²) in [7, 11) is 0. The van der Waals surface area contributed by atoms with Crippen LogP contribution in [0.15, 0.2) is 24.3 Å². The molecule has 128 valence electrons. The molecule has 1 N–H and O–H groups in total. The lowest BCUT2D eigenvalue weighted by atomic mass is 10.1.